The second-order valence-electron chi connectivity index (χ2n) is 6.02. The van der Waals surface area contributed by atoms with Gasteiger partial charge in [0.2, 0.25) is 11.9 Å². The zero-order valence-electron chi connectivity index (χ0n) is 14.3. The van der Waals surface area contributed by atoms with E-state index in [4.69, 9.17) is 0 Å². The molecule has 1 amide bonds. The van der Waals surface area contributed by atoms with Gasteiger partial charge in [0.15, 0.2) is 0 Å². The summed E-state index contributed by atoms with van der Waals surface area (Å²) < 4.78 is 2.84. The first kappa shape index (κ1) is 15.6. The van der Waals surface area contributed by atoms with Crippen molar-refractivity contribution in [3.63, 3.8) is 0 Å². The zero-order chi connectivity index (χ0) is 17.6. The molecule has 130 valence electrons. The highest BCUT2D eigenvalue weighted by Gasteiger charge is 2.34. The molecule has 2 aromatic rings. The number of anilines is 1. The van der Waals surface area contributed by atoms with E-state index in [9.17, 15) is 9.59 Å². The van der Waals surface area contributed by atoms with E-state index < -0.39 is 0 Å². The second kappa shape index (κ2) is 5.87. The van der Waals surface area contributed by atoms with Crippen LogP contribution in [0.5, 0.6) is 0 Å². The van der Waals surface area contributed by atoms with Crippen LogP contribution in [0.25, 0.3) is 5.69 Å². The van der Waals surface area contributed by atoms with Crippen molar-refractivity contribution in [2.45, 2.75) is 20.4 Å². The number of fused-ring (bicyclic) bond motifs is 6. The van der Waals surface area contributed by atoms with Gasteiger partial charge in [-0.2, -0.15) is 0 Å². The molecule has 0 saturated carbocycles. The van der Waals surface area contributed by atoms with E-state index in [1.54, 1.807) is 9.47 Å². The quantitative estimate of drug-likeness (QED) is 0.811. The van der Waals surface area contributed by atoms with Crippen LogP contribution in [-0.2, 0) is 11.3 Å². The summed E-state index contributed by atoms with van der Waals surface area (Å²) in [5.74, 6) is 1.27. The summed E-state index contributed by atoms with van der Waals surface area (Å²) >= 11 is 0. The molecule has 1 aromatic carbocycles. The largest absolute Gasteiger partial charge is 0.352 e. The molecule has 0 atom stereocenters. The van der Waals surface area contributed by atoms with Gasteiger partial charge in [0.05, 0.1) is 12.2 Å². The lowest BCUT2D eigenvalue weighted by Crippen LogP contribution is -2.38. The van der Waals surface area contributed by atoms with Gasteiger partial charge >= 0.3 is 5.69 Å². The minimum atomic E-state index is -0.297. The monoisotopic (exact) mass is 340 g/mol. The van der Waals surface area contributed by atoms with Crippen molar-refractivity contribution in [3.8, 4) is 5.69 Å². The fraction of sp³-hybridized carbons (Fsp3) is 0.412. The number of carbonyl (C=O) groups excluding carboxylic acids is 1. The van der Waals surface area contributed by atoms with Gasteiger partial charge in [0.1, 0.15) is 12.4 Å². The number of aromatic nitrogens is 3. The molecule has 0 fully saturated rings. The molecule has 2 aliphatic heterocycles. The van der Waals surface area contributed by atoms with Crippen molar-refractivity contribution in [2.75, 3.05) is 31.1 Å². The summed E-state index contributed by atoms with van der Waals surface area (Å²) in [6.45, 7) is 6.38. The summed E-state index contributed by atoms with van der Waals surface area (Å²) in [6, 6.07) is 7.66. The Hall–Kier alpha value is -2.90. The van der Waals surface area contributed by atoms with Crippen molar-refractivity contribution < 1.29 is 4.79 Å². The number of rotatable bonds is 4. The van der Waals surface area contributed by atoms with E-state index >= 15 is 0 Å². The van der Waals surface area contributed by atoms with Gasteiger partial charge < -0.3 is 4.90 Å². The Labute approximate surface area is 145 Å². The third kappa shape index (κ3) is 2.28. The summed E-state index contributed by atoms with van der Waals surface area (Å²) in [7, 11) is 0. The average molecular weight is 340 g/mol. The number of carbonyl (C=O) groups is 1. The van der Waals surface area contributed by atoms with E-state index in [-0.39, 0.29) is 18.1 Å². The van der Waals surface area contributed by atoms with E-state index in [0.717, 1.165) is 17.1 Å². The highest BCUT2D eigenvalue weighted by molar-refractivity contribution is 6.14. The maximum atomic E-state index is 12.9. The molecule has 0 spiro atoms. The van der Waals surface area contributed by atoms with Crippen LogP contribution in [0.1, 0.15) is 19.4 Å². The molecule has 1 aromatic heterocycles. The van der Waals surface area contributed by atoms with Crippen molar-refractivity contribution in [1.82, 2.24) is 19.2 Å². The van der Waals surface area contributed by atoms with Crippen LogP contribution < -0.4 is 10.6 Å². The third-order valence-electron chi connectivity index (χ3n) is 4.69. The van der Waals surface area contributed by atoms with Gasteiger partial charge in [0.25, 0.3) is 0 Å². The number of benzene rings is 1. The number of aliphatic imine (C=N–C) groups is 1. The maximum Gasteiger partial charge on any atom is 0.352 e. The Bertz CT molecular complexity index is 921. The number of hydrogen-bond acceptors (Lipinski definition) is 5. The molecule has 0 radical (unpaired) electrons. The van der Waals surface area contributed by atoms with Crippen molar-refractivity contribution in [3.05, 3.63) is 40.3 Å². The Morgan fingerprint density at radius 1 is 1.24 bits per heavy atom. The van der Waals surface area contributed by atoms with Gasteiger partial charge in [-0.05, 0) is 26.0 Å². The van der Waals surface area contributed by atoms with Crippen molar-refractivity contribution in [1.29, 1.82) is 0 Å². The first-order valence-corrected chi connectivity index (χ1v) is 8.55. The van der Waals surface area contributed by atoms with Crippen LogP contribution in [-0.4, -0.2) is 57.2 Å². The van der Waals surface area contributed by atoms with Gasteiger partial charge in [-0.15, -0.1) is 5.10 Å². The van der Waals surface area contributed by atoms with Gasteiger partial charge in [-0.25, -0.2) is 14.0 Å². The third-order valence-corrected chi connectivity index (χ3v) is 4.69. The fourth-order valence-corrected chi connectivity index (χ4v) is 3.42. The molecule has 0 N–H and O–H groups in total. The summed E-state index contributed by atoms with van der Waals surface area (Å²) in [5, 5.41) is 4.45. The molecule has 8 heteroatoms. The number of nitrogens with zero attached hydrogens (tertiary/aromatic N) is 6. The van der Waals surface area contributed by atoms with Gasteiger partial charge in [-0.1, -0.05) is 12.1 Å². The molecule has 0 saturated heterocycles. The highest BCUT2D eigenvalue weighted by Crippen LogP contribution is 2.29. The van der Waals surface area contributed by atoms with Gasteiger partial charge in [0, 0.05) is 25.2 Å². The predicted molar refractivity (Wildman–Crippen MR) is 94.5 cm³/mol. The lowest BCUT2D eigenvalue weighted by atomic mass is 10.1. The molecule has 25 heavy (non-hydrogen) atoms. The first-order chi connectivity index (χ1) is 12.2. The van der Waals surface area contributed by atoms with Crippen molar-refractivity contribution >= 4 is 17.7 Å². The van der Waals surface area contributed by atoms with Crippen LogP contribution in [0.4, 0.5) is 5.95 Å². The molecule has 8 nitrogen and oxygen atoms in total. The normalized spacial score (nSPS) is 14.6. The molecule has 0 aliphatic carbocycles. The van der Waals surface area contributed by atoms with E-state index in [2.05, 4.69) is 10.1 Å². The van der Waals surface area contributed by atoms with Crippen LogP contribution >= 0.6 is 0 Å². The van der Waals surface area contributed by atoms with Crippen LogP contribution in [0.3, 0.4) is 0 Å². The topological polar surface area (TPSA) is 75.7 Å². The summed E-state index contributed by atoms with van der Waals surface area (Å²) in [4.78, 5) is 33.5. The Kier molecular flexibility index (Phi) is 3.67. The van der Waals surface area contributed by atoms with Crippen molar-refractivity contribution in [2.24, 2.45) is 4.99 Å². The van der Waals surface area contributed by atoms with E-state index in [0.29, 0.717) is 32.1 Å². The minimum absolute atomic E-state index is 0.0526. The average Bonchev–Trinajstić information content (AvgIpc) is 3.22. The number of likely N-dealkylation sites (N-methyl/N-ethyl adjacent to an activating group) is 1. The Morgan fingerprint density at radius 2 is 2.00 bits per heavy atom. The molecule has 3 heterocycles. The van der Waals surface area contributed by atoms with Crippen LogP contribution in [0, 0.1) is 0 Å². The number of amides is 1. The predicted octanol–water partition coefficient (Wildman–Crippen LogP) is 0.483. The number of amidine groups is 1. The molecule has 4 rings (SSSR count). The maximum absolute atomic E-state index is 12.9. The first-order valence-electron chi connectivity index (χ1n) is 8.55. The zero-order valence-corrected chi connectivity index (χ0v) is 14.3. The number of para-hydroxylation sites is 1. The van der Waals surface area contributed by atoms with Crippen LogP contribution in [0.15, 0.2) is 34.1 Å². The SMILES string of the molecule is CCN(CC)C(=O)Cn1nc2n(c1=O)-c1ccccc1C1=NCCN12. The summed E-state index contributed by atoms with van der Waals surface area (Å²) in [5.41, 5.74) is 1.39. The van der Waals surface area contributed by atoms with Crippen LogP contribution in [0.2, 0.25) is 0 Å². The lowest BCUT2D eigenvalue weighted by molar-refractivity contribution is -0.131. The number of hydrogen-bond donors (Lipinski definition) is 0. The molecule has 0 bridgehead atoms. The second-order valence-corrected chi connectivity index (χ2v) is 6.02. The van der Waals surface area contributed by atoms with E-state index in [1.165, 1.54) is 4.68 Å². The molecule has 0 unspecified atom stereocenters. The Balaban J connectivity index is 1.81. The standard InChI is InChI=1S/C17H20N6O2/c1-3-20(4-2)14(24)11-22-17(25)23-13-8-6-5-7-12(13)15-18-9-10-21(15)16(23)19-22/h5-8H,3-4,9-11H2,1-2H3. The lowest BCUT2D eigenvalue weighted by Gasteiger charge is -2.26. The van der Waals surface area contributed by atoms with Gasteiger partial charge in [-0.3, -0.25) is 14.7 Å². The van der Waals surface area contributed by atoms with E-state index in [1.807, 2.05) is 43.0 Å². The smallest absolute Gasteiger partial charge is 0.342 e. The molecular weight excluding hydrogens is 320 g/mol. The fourth-order valence-electron chi connectivity index (χ4n) is 3.42. The highest BCUT2D eigenvalue weighted by atomic mass is 16.2. The Morgan fingerprint density at radius 3 is 2.76 bits per heavy atom. The molecular formula is C17H20N6O2. The summed E-state index contributed by atoms with van der Waals surface area (Å²) in [6.07, 6.45) is 0. The minimum Gasteiger partial charge on any atom is -0.342 e. The molecule has 2 aliphatic rings.